The zero-order valence-electron chi connectivity index (χ0n) is 14.3. The van der Waals surface area contributed by atoms with Crippen molar-refractivity contribution in [3.8, 4) is 0 Å². The summed E-state index contributed by atoms with van der Waals surface area (Å²) >= 11 is 0. The minimum absolute atomic E-state index is 0. The molecule has 0 saturated carbocycles. The molecule has 0 radical (unpaired) electrons. The summed E-state index contributed by atoms with van der Waals surface area (Å²) in [5, 5.41) is 24.9. The summed E-state index contributed by atoms with van der Waals surface area (Å²) in [4.78, 5) is 22.6. The van der Waals surface area contributed by atoms with E-state index in [1.807, 2.05) is 0 Å². The molecule has 8 heteroatoms. The summed E-state index contributed by atoms with van der Waals surface area (Å²) in [7, 11) is 0. The van der Waals surface area contributed by atoms with Crippen LogP contribution in [0.4, 0.5) is 0 Å². The number of carbonyl (C=O) groups is 2. The van der Waals surface area contributed by atoms with Crippen LogP contribution in [-0.2, 0) is 9.59 Å². The molecule has 20 heavy (non-hydrogen) atoms. The van der Waals surface area contributed by atoms with Gasteiger partial charge < -0.3 is 23.7 Å². The molecule has 4 unspecified atom stereocenters. The molecule has 2 fully saturated rings. The standard InChI is InChI=1S/C12H20N2O4.2Na.2H/c15-11(16)7-1-3-13-5-9(7)10-6-14-4-2-8(10)12(17)18;;;;/h7-10,13-14H,1-6H2,(H,15,16)(H,17,18);;;;/q;2*+1;2*-1. The van der Waals surface area contributed by atoms with Gasteiger partial charge in [0.25, 0.3) is 0 Å². The Hall–Kier alpha value is 0.860. The minimum Gasteiger partial charge on any atom is -1.00 e. The smallest absolute Gasteiger partial charge is 1.00 e. The van der Waals surface area contributed by atoms with Crippen LogP contribution in [0.1, 0.15) is 15.7 Å². The molecule has 2 saturated heterocycles. The van der Waals surface area contributed by atoms with Gasteiger partial charge >= 0.3 is 71.1 Å². The average Bonchev–Trinajstić information content (AvgIpc) is 2.38. The molecule has 6 nitrogen and oxygen atoms in total. The maximum absolute atomic E-state index is 11.3. The quantitative estimate of drug-likeness (QED) is 0.387. The Bertz CT molecular complexity index is 321. The number of hydrogen-bond acceptors (Lipinski definition) is 4. The van der Waals surface area contributed by atoms with E-state index in [-0.39, 0.29) is 73.8 Å². The summed E-state index contributed by atoms with van der Waals surface area (Å²) < 4.78 is 0. The van der Waals surface area contributed by atoms with Gasteiger partial charge in [0.05, 0.1) is 11.8 Å². The van der Waals surface area contributed by atoms with Crippen LogP contribution < -0.4 is 69.7 Å². The van der Waals surface area contributed by atoms with Crippen LogP contribution >= 0.6 is 0 Å². The van der Waals surface area contributed by atoms with Crippen molar-refractivity contribution in [1.29, 1.82) is 0 Å². The zero-order chi connectivity index (χ0) is 13.1. The van der Waals surface area contributed by atoms with E-state index < -0.39 is 23.8 Å². The second-order valence-electron chi connectivity index (χ2n) is 5.20. The Kier molecular flexibility index (Phi) is 10.2. The first-order valence-electron chi connectivity index (χ1n) is 6.48. The second-order valence-corrected chi connectivity index (χ2v) is 5.20. The molecule has 0 aliphatic carbocycles. The van der Waals surface area contributed by atoms with E-state index >= 15 is 0 Å². The van der Waals surface area contributed by atoms with Gasteiger partial charge in [-0.3, -0.25) is 9.59 Å². The molecule has 4 N–H and O–H groups in total. The Morgan fingerprint density at radius 1 is 0.850 bits per heavy atom. The largest absolute Gasteiger partial charge is 1.00 e. The number of carboxylic acids is 2. The van der Waals surface area contributed by atoms with Gasteiger partial charge in [0, 0.05) is 0 Å². The third-order valence-electron chi connectivity index (χ3n) is 4.24. The van der Waals surface area contributed by atoms with Crippen molar-refractivity contribution in [2.75, 3.05) is 26.2 Å². The molecule has 2 rings (SSSR count). The zero-order valence-corrected chi connectivity index (χ0v) is 16.3. The summed E-state index contributed by atoms with van der Waals surface area (Å²) in [5.74, 6) is -2.61. The van der Waals surface area contributed by atoms with Crippen molar-refractivity contribution in [2.24, 2.45) is 23.7 Å². The molecule has 0 aromatic carbocycles. The number of rotatable bonds is 3. The predicted octanol–water partition coefficient (Wildman–Crippen LogP) is -6.16. The van der Waals surface area contributed by atoms with Crippen LogP contribution in [0.5, 0.6) is 0 Å². The molecule has 0 bridgehead atoms. The Morgan fingerprint density at radius 3 is 1.50 bits per heavy atom. The van der Waals surface area contributed by atoms with Gasteiger partial charge in [-0.05, 0) is 50.9 Å². The third kappa shape index (κ3) is 4.95. The van der Waals surface area contributed by atoms with Crippen molar-refractivity contribution in [3.05, 3.63) is 0 Å². The van der Waals surface area contributed by atoms with Crippen molar-refractivity contribution in [3.63, 3.8) is 0 Å². The fourth-order valence-corrected chi connectivity index (χ4v) is 3.28. The fraction of sp³-hybridized carbons (Fsp3) is 0.833. The molecule has 106 valence electrons. The van der Waals surface area contributed by atoms with Gasteiger partial charge in [-0.1, -0.05) is 0 Å². The van der Waals surface area contributed by atoms with E-state index in [0.717, 1.165) is 0 Å². The summed E-state index contributed by atoms with van der Waals surface area (Å²) in [5.41, 5.74) is 0. The van der Waals surface area contributed by atoms with Crippen LogP contribution in [0.15, 0.2) is 0 Å². The van der Waals surface area contributed by atoms with Gasteiger partial charge in [-0.2, -0.15) is 0 Å². The summed E-state index contributed by atoms with van der Waals surface area (Å²) in [6.45, 7) is 2.61. The first-order valence-corrected chi connectivity index (χ1v) is 6.48. The van der Waals surface area contributed by atoms with E-state index in [4.69, 9.17) is 0 Å². The van der Waals surface area contributed by atoms with Crippen molar-refractivity contribution in [1.82, 2.24) is 10.6 Å². The Labute approximate surface area is 166 Å². The maximum Gasteiger partial charge on any atom is 1.00 e. The fourth-order valence-electron chi connectivity index (χ4n) is 3.28. The summed E-state index contributed by atoms with van der Waals surface area (Å²) in [6.07, 6.45) is 1.17. The third-order valence-corrected chi connectivity index (χ3v) is 4.24. The van der Waals surface area contributed by atoms with E-state index in [2.05, 4.69) is 10.6 Å². The molecule has 0 aromatic rings. The normalized spacial score (nSPS) is 33.4. The van der Waals surface area contributed by atoms with Crippen LogP contribution in [0.2, 0.25) is 0 Å². The van der Waals surface area contributed by atoms with Crippen LogP contribution in [0, 0.1) is 23.7 Å². The summed E-state index contributed by atoms with van der Waals surface area (Å²) in [6, 6.07) is 0. The molecule has 0 aromatic heterocycles. The van der Waals surface area contributed by atoms with E-state index in [9.17, 15) is 19.8 Å². The molecule has 0 amide bonds. The van der Waals surface area contributed by atoms with E-state index in [1.165, 1.54) is 0 Å². The number of hydrogen-bond donors (Lipinski definition) is 4. The molecular formula is C12H22N2Na2O4. The molecule has 2 aliphatic rings. The van der Waals surface area contributed by atoms with Gasteiger partial charge in [-0.15, -0.1) is 0 Å². The maximum atomic E-state index is 11.3. The Morgan fingerprint density at radius 2 is 1.20 bits per heavy atom. The topological polar surface area (TPSA) is 98.7 Å². The molecule has 0 spiro atoms. The predicted molar refractivity (Wildman–Crippen MR) is 66.4 cm³/mol. The van der Waals surface area contributed by atoms with Crippen LogP contribution in [0.3, 0.4) is 0 Å². The SMILES string of the molecule is O=C(O)C1CCNCC1C1CNCCC1C(=O)O.[H-].[H-].[Na+].[Na+]. The molecule has 2 aliphatic heterocycles. The second kappa shape index (κ2) is 9.79. The van der Waals surface area contributed by atoms with Crippen LogP contribution in [0.25, 0.3) is 0 Å². The first-order chi connectivity index (χ1) is 8.61. The number of aliphatic carboxylic acids is 2. The van der Waals surface area contributed by atoms with Crippen molar-refractivity contribution < 1.29 is 81.8 Å². The number of piperidine rings is 2. The van der Waals surface area contributed by atoms with Gasteiger partial charge in [-0.25, -0.2) is 0 Å². The minimum atomic E-state index is -0.795. The molecule has 4 atom stereocenters. The Balaban J connectivity index is -0.000000902. The van der Waals surface area contributed by atoms with Crippen molar-refractivity contribution >= 4 is 11.9 Å². The van der Waals surface area contributed by atoms with E-state index in [0.29, 0.717) is 39.0 Å². The average molecular weight is 304 g/mol. The van der Waals surface area contributed by atoms with Crippen molar-refractivity contribution in [2.45, 2.75) is 12.8 Å². The van der Waals surface area contributed by atoms with E-state index in [1.54, 1.807) is 0 Å². The van der Waals surface area contributed by atoms with Gasteiger partial charge in [0.15, 0.2) is 0 Å². The van der Waals surface area contributed by atoms with Gasteiger partial charge in [0.1, 0.15) is 0 Å². The molecular weight excluding hydrogens is 282 g/mol. The monoisotopic (exact) mass is 304 g/mol. The number of carboxylic acid groups (broad SMARTS) is 2. The van der Waals surface area contributed by atoms with Gasteiger partial charge in [0.2, 0.25) is 0 Å². The number of nitrogens with one attached hydrogen (secondary N) is 2. The molecule has 2 heterocycles. The first kappa shape index (κ1) is 20.9. The van der Waals surface area contributed by atoms with Crippen LogP contribution in [-0.4, -0.2) is 48.3 Å².